The topological polar surface area (TPSA) is 32.6 Å². The molecule has 0 saturated carbocycles. The second-order valence-corrected chi connectivity index (χ2v) is 4.33. The summed E-state index contributed by atoms with van der Waals surface area (Å²) in [5, 5.41) is 0. The summed E-state index contributed by atoms with van der Waals surface area (Å²) in [5.74, 6) is 0.875. The highest BCUT2D eigenvalue weighted by Crippen LogP contribution is 2.27. The van der Waals surface area contributed by atoms with Crippen molar-refractivity contribution in [2.45, 2.75) is 13.2 Å². The van der Waals surface area contributed by atoms with Crippen LogP contribution in [0.25, 0.3) is 5.69 Å². The molecule has 0 bridgehead atoms. The van der Waals surface area contributed by atoms with Crippen molar-refractivity contribution in [3.63, 3.8) is 0 Å². The van der Waals surface area contributed by atoms with Crippen LogP contribution in [0.4, 0.5) is 0 Å². The number of rotatable bonds is 4. The van der Waals surface area contributed by atoms with E-state index in [-0.39, 0.29) is 6.29 Å². The number of aromatic nitrogens is 1. The van der Waals surface area contributed by atoms with Crippen molar-refractivity contribution < 1.29 is 14.2 Å². The van der Waals surface area contributed by atoms with E-state index in [1.807, 2.05) is 54.2 Å². The van der Waals surface area contributed by atoms with Crippen LogP contribution < -0.4 is 4.74 Å². The summed E-state index contributed by atoms with van der Waals surface area (Å²) in [6, 6.07) is 9.99. The van der Waals surface area contributed by atoms with Crippen LogP contribution in [0.1, 0.15) is 18.8 Å². The van der Waals surface area contributed by atoms with Crippen LogP contribution in [0, 0.1) is 0 Å². The molecule has 0 atom stereocenters. The molecular weight excluding hydrogens is 242 g/mol. The van der Waals surface area contributed by atoms with Crippen molar-refractivity contribution in [2.75, 3.05) is 19.8 Å². The number of hydrogen-bond acceptors (Lipinski definition) is 3. The number of benzene rings is 1. The Kier molecular flexibility index (Phi) is 3.53. The predicted molar refractivity (Wildman–Crippen MR) is 71.6 cm³/mol. The fourth-order valence-electron chi connectivity index (χ4n) is 2.20. The average Bonchev–Trinajstić information content (AvgIpc) is 3.11. The van der Waals surface area contributed by atoms with E-state index < -0.39 is 0 Å². The molecule has 1 aromatic carbocycles. The van der Waals surface area contributed by atoms with E-state index in [0.717, 1.165) is 17.0 Å². The molecule has 1 saturated heterocycles. The Morgan fingerprint density at radius 3 is 2.79 bits per heavy atom. The summed E-state index contributed by atoms with van der Waals surface area (Å²) in [6.07, 6.45) is 3.78. The fourth-order valence-corrected chi connectivity index (χ4v) is 2.20. The Hall–Kier alpha value is -1.78. The van der Waals surface area contributed by atoms with Gasteiger partial charge in [-0.1, -0.05) is 12.1 Å². The van der Waals surface area contributed by atoms with Crippen LogP contribution in [-0.2, 0) is 9.47 Å². The first-order chi connectivity index (χ1) is 9.38. The van der Waals surface area contributed by atoms with Gasteiger partial charge in [-0.05, 0) is 25.1 Å². The maximum Gasteiger partial charge on any atom is 0.185 e. The van der Waals surface area contributed by atoms with E-state index in [4.69, 9.17) is 14.2 Å². The van der Waals surface area contributed by atoms with Gasteiger partial charge in [0.05, 0.1) is 25.5 Å². The summed E-state index contributed by atoms with van der Waals surface area (Å²) in [7, 11) is 0. The van der Waals surface area contributed by atoms with Crippen molar-refractivity contribution in [3.8, 4) is 11.4 Å². The molecule has 19 heavy (non-hydrogen) atoms. The maximum absolute atomic E-state index is 5.64. The Morgan fingerprint density at radius 1 is 1.21 bits per heavy atom. The molecule has 100 valence electrons. The van der Waals surface area contributed by atoms with Gasteiger partial charge in [0.25, 0.3) is 0 Å². The van der Waals surface area contributed by atoms with Gasteiger partial charge < -0.3 is 18.8 Å². The summed E-state index contributed by atoms with van der Waals surface area (Å²) < 4.78 is 18.7. The zero-order valence-corrected chi connectivity index (χ0v) is 10.9. The van der Waals surface area contributed by atoms with Crippen molar-refractivity contribution in [3.05, 3.63) is 48.3 Å². The van der Waals surface area contributed by atoms with Gasteiger partial charge in [0.1, 0.15) is 5.75 Å². The first-order valence-electron chi connectivity index (χ1n) is 6.52. The lowest BCUT2D eigenvalue weighted by Gasteiger charge is -2.11. The normalized spacial score (nSPS) is 15.8. The average molecular weight is 259 g/mol. The van der Waals surface area contributed by atoms with Gasteiger partial charge in [0, 0.05) is 18.0 Å². The van der Waals surface area contributed by atoms with Crippen LogP contribution in [0.3, 0.4) is 0 Å². The minimum atomic E-state index is -0.236. The number of nitrogens with zero attached hydrogens (tertiary/aromatic N) is 1. The SMILES string of the molecule is CCOc1ccccc1-n1ccc(C2OCCO2)c1. The van der Waals surface area contributed by atoms with E-state index in [0.29, 0.717) is 19.8 Å². The van der Waals surface area contributed by atoms with Crippen LogP contribution in [0.15, 0.2) is 42.7 Å². The molecule has 4 nitrogen and oxygen atoms in total. The summed E-state index contributed by atoms with van der Waals surface area (Å²) in [4.78, 5) is 0. The Morgan fingerprint density at radius 2 is 2.00 bits per heavy atom. The van der Waals surface area contributed by atoms with Crippen molar-refractivity contribution in [2.24, 2.45) is 0 Å². The molecule has 0 aliphatic carbocycles. The van der Waals surface area contributed by atoms with E-state index in [9.17, 15) is 0 Å². The molecule has 1 aromatic heterocycles. The molecule has 1 aliphatic heterocycles. The Balaban J connectivity index is 1.89. The van der Waals surface area contributed by atoms with Crippen LogP contribution >= 0.6 is 0 Å². The van der Waals surface area contributed by atoms with E-state index >= 15 is 0 Å². The largest absolute Gasteiger partial charge is 0.492 e. The summed E-state index contributed by atoms with van der Waals surface area (Å²) in [6.45, 7) is 3.95. The van der Waals surface area contributed by atoms with Crippen molar-refractivity contribution >= 4 is 0 Å². The molecule has 0 unspecified atom stereocenters. The highest BCUT2D eigenvalue weighted by Gasteiger charge is 2.19. The third-order valence-electron chi connectivity index (χ3n) is 3.05. The van der Waals surface area contributed by atoms with Crippen LogP contribution in [0.2, 0.25) is 0 Å². The highest BCUT2D eigenvalue weighted by molar-refractivity contribution is 5.47. The van der Waals surface area contributed by atoms with Gasteiger partial charge in [-0.25, -0.2) is 0 Å². The standard InChI is InChI=1S/C15H17NO3/c1-2-17-14-6-4-3-5-13(14)16-8-7-12(11-16)15-18-9-10-19-15/h3-8,11,15H,2,9-10H2,1H3. The van der Waals surface area contributed by atoms with Gasteiger partial charge in [-0.3, -0.25) is 0 Å². The fraction of sp³-hybridized carbons (Fsp3) is 0.333. The van der Waals surface area contributed by atoms with E-state index in [2.05, 4.69) is 0 Å². The third-order valence-corrected chi connectivity index (χ3v) is 3.05. The smallest absolute Gasteiger partial charge is 0.185 e. The first-order valence-corrected chi connectivity index (χ1v) is 6.52. The molecule has 2 aromatic rings. The first kappa shape index (κ1) is 12.3. The number of ether oxygens (including phenoxy) is 3. The van der Waals surface area contributed by atoms with Gasteiger partial charge in [0.2, 0.25) is 0 Å². The van der Waals surface area contributed by atoms with Gasteiger partial charge >= 0.3 is 0 Å². The third kappa shape index (κ3) is 2.50. The zero-order chi connectivity index (χ0) is 13.1. The molecule has 1 fully saturated rings. The van der Waals surface area contributed by atoms with Gasteiger partial charge in [-0.15, -0.1) is 0 Å². The summed E-state index contributed by atoms with van der Waals surface area (Å²) >= 11 is 0. The molecule has 0 radical (unpaired) electrons. The lowest BCUT2D eigenvalue weighted by atomic mass is 10.3. The molecular formula is C15H17NO3. The number of hydrogen-bond donors (Lipinski definition) is 0. The van der Waals surface area contributed by atoms with Crippen LogP contribution in [-0.4, -0.2) is 24.4 Å². The minimum absolute atomic E-state index is 0.236. The second-order valence-electron chi connectivity index (χ2n) is 4.33. The Labute approximate surface area is 112 Å². The monoisotopic (exact) mass is 259 g/mol. The summed E-state index contributed by atoms with van der Waals surface area (Å²) in [5.41, 5.74) is 2.05. The predicted octanol–water partition coefficient (Wildman–Crippen LogP) is 2.92. The molecule has 0 spiro atoms. The van der Waals surface area contributed by atoms with E-state index in [1.165, 1.54) is 0 Å². The zero-order valence-electron chi connectivity index (χ0n) is 10.9. The number of para-hydroxylation sites is 2. The molecule has 3 rings (SSSR count). The van der Waals surface area contributed by atoms with Gasteiger partial charge in [0.15, 0.2) is 6.29 Å². The lowest BCUT2D eigenvalue weighted by molar-refractivity contribution is -0.0440. The molecule has 4 heteroatoms. The maximum atomic E-state index is 5.64. The van der Waals surface area contributed by atoms with E-state index in [1.54, 1.807) is 0 Å². The lowest BCUT2D eigenvalue weighted by Crippen LogP contribution is -1.99. The van der Waals surface area contributed by atoms with Crippen molar-refractivity contribution in [1.82, 2.24) is 4.57 Å². The molecule has 0 N–H and O–H groups in total. The van der Waals surface area contributed by atoms with Crippen molar-refractivity contribution in [1.29, 1.82) is 0 Å². The highest BCUT2D eigenvalue weighted by atomic mass is 16.7. The van der Waals surface area contributed by atoms with Gasteiger partial charge in [-0.2, -0.15) is 0 Å². The Bertz CT molecular complexity index is 544. The molecule has 1 aliphatic rings. The minimum Gasteiger partial charge on any atom is -0.492 e. The van der Waals surface area contributed by atoms with Crippen LogP contribution in [0.5, 0.6) is 5.75 Å². The second kappa shape index (κ2) is 5.47. The molecule has 2 heterocycles. The quantitative estimate of drug-likeness (QED) is 0.846. The molecule has 0 amide bonds.